The van der Waals surface area contributed by atoms with E-state index in [2.05, 4.69) is 15.8 Å². The van der Waals surface area contributed by atoms with E-state index < -0.39 is 0 Å². The molecule has 0 saturated heterocycles. The second kappa shape index (κ2) is 8.69. The van der Waals surface area contributed by atoms with E-state index in [1.54, 1.807) is 48.5 Å². The summed E-state index contributed by atoms with van der Waals surface area (Å²) >= 11 is 5.78. The Morgan fingerprint density at radius 3 is 2.42 bits per heavy atom. The number of hydrogen-bond acceptors (Lipinski definition) is 4. The molecule has 0 aliphatic carbocycles. The van der Waals surface area contributed by atoms with Crippen LogP contribution in [-0.2, 0) is 9.59 Å². The summed E-state index contributed by atoms with van der Waals surface area (Å²) in [7, 11) is 0. The van der Waals surface area contributed by atoms with Gasteiger partial charge in [0, 0.05) is 17.6 Å². The van der Waals surface area contributed by atoms with Crippen molar-refractivity contribution in [3.8, 4) is 5.75 Å². The number of nitrogens with one attached hydrogen (secondary N) is 2. The van der Waals surface area contributed by atoms with Crippen molar-refractivity contribution in [1.82, 2.24) is 5.43 Å². The highest BCUT2D eigenvalue weighted by molar-refractivity contribution is 6.30. The average molecular weight is 346 g/mol. The van der Waals surface area contributed by atoms with Crippen LogP contribution in [0.15, 0.2) is 53.6 Å². The quantitative estimate of drug-likeness (QED) is 0.624. The zero-order valence-corrected chi connectivity index (χ0v) is 13.7. The van der Waals surface area contributed by atoms with Crippen LogP contribution in [0, 0.1) is 0 Å². The highest BCUT2D eigenvalue weighted by Crippen LogP contribution is 2.15. The van der Waals surface area contributed by atoms with Crippen molar-refractivity contribution >= 4 is 35.3 Å². The van der Waals surface area contributed by atoms with E-state index in [-0.39, 0.29) is 18.4 Å². The van der Waals surface area contributed by atoms with Crippen LogP contribution in [0.3, 0.4) is 0 Å². The topological polar surface area (TPSA) is 79.8 Å². The molecule has 2 N–H and O–H groups in total. The van der Waals surface area contributed by atoms with Gasteiger partial charge in [0.2, 0.25) is 5.91 Å². The van der Waals surface area contributed by atoms with E-state index in [0.717, 1.165) is 5.56 Å². The van der Waals surface area contributed by atoms with Gasteiger partial charge in [-0.15, -0.1) is 0 Å². The summed E-state index contributed by atoms with van der Waals surface area (Å²) < 4.78 is 5.33. The van der Waals surface area contributed by atoms with Crippen molar-refractivity contribution in [2.24, 2.45) is 5.10 Å². The number of rotatable bonds is 6. The second-order valence-corrected chi connectivity index (χ2v) is 5.28. The molecule has 0 aromatic heterocycles. The molecule has 0 spiro atoms. The highest BCUT2D eigenvalue weighted by atomic mass is 35.5. The lowest BCUT2D eigenvalue weighted by atomic mass is 10.2. The number of nitrogens with zero attached hydrogens (tertiary/aromatic N) is 1. The third kappa shape index (κ3) is 6.10. The molecule has 0 unspecified atom stereocenters. The zero-order chi connectivity index (χ0) is 17.4. The van der Waals surface area contributed by atoms with Crippen molar-refractivity contribution < 1.29 is 14.3 Å². The number of hydrogen-bond donors (Lipinski definition) is 2. The zero-order valence-electron chi connectivity index (χ0n) is 13.0. The first kappa shape index (κ1) is 17.5. The largest absolute Gasteiger partial charge is 0.484 e. The fourth-order valence-electron chi connectivity index (χ4n) is 1.75. The number of benzene rings is 2. The van der Waals surface area contributed by atoms with Gasteiger partial charge in [0.1, 0.15) is 5.75 Å². The number of carbonyl (C=O) groups is 2. The third-order valence-electron chi connectivity index (χ3n) is 2.82. The molecule has 2 aromatic rings. The first-order valence-electron chi connectivity index (χ1n) is 7.11. The summed E-state index contributed by atoms with van der Waals surface area (Å²) in [5.41, 5.74) is 3.84. The molecule has 0 heterocycles. The molecular weight excluding hydrogens is 330 g/mol. The van der Waals surface area contributed by atoms with Gasteiger partial charge in [0.15, 0.2) is 6.61 Å². The number of amides is 2. The molecule has 0 saturated carbocycles. The highest BCUT2D eigenvalue weighted by Gasteiger charge is 2.02. The molecule has 0 radical (unpaired) electrons. The van der Waals surface area contributed by atoms with Crippen LogP contribution in [0.1, 0.15) is 12.5 Å². The Kier molecular flexibility index (Phi) is 6.33. The van der Waals surface area contributed by atoms with Crippen molar-refractivity contribution in [3.05, 3.63) is 59.1 Å². The predicted octanol–water partition coefficient (Wildman–Crippen LogP) is 2.83. The first-order valence-corrected chi connectivity index (χ1v) is 7.48. The number of halogens is 1. The Labute approximate surface area is 144 Å². The maximum atomic E-state index is 11.6. The summed E-state index contributed by atoms with van der Waals surface area (Å²) in [5.74, 6) is -0.0197. The predicted molar refractivity (Wildman–Crippen MR) is 93.4 cm³/mol. The molecule has 0 aliphatic rings. The van der Waals surface area contributed by atoms with Gasteiger partial charge in [-0.1, -0.05) is 23.7 Å². The molecule has 2 rings (SSSR count). The molecule has 124 valence electrons. The Morgan fingerprint density at radius 1 is 1.12 bits per heavy atom. The van der Waals surface area contributed by atoms with E-state index in [0.29, 0.717) is 16.5 Å². The minimum absolute atomic E-state index is 0.151. The average Bonchev–Trinajstić information content (AvgIpc) is 2.55. The van der Waals surface area contributed by atoms with Crippen molar-refractivity contribution in [3.63, 3.8) is 0 Å². The molecule has 0 bridgehead atoms. The monoisotopic (exact) mass is 345 g/mol. The van der Waals surface area contributed by atoms with Gasteiger partial charge in [-0.3, -0.25) is 9.59 Å². The van der Waals surface area contributed by atoms with Crippen LogP contribution in [0.5, 0.6) is 5.75 Å². The normalized spacial score (nSPS) is 10.4. The van der Waals surface area contributed by atoms with Crippen molar-refractivity contribution in [2.75, 3.05) is 11.9 Å². The molecular formula is C17H16ClN3O3. The number of anilines is 1. The van der Waals surface area contributed by atoms with Gasteiger partial charge in [0.05, 0.1) is 6.21 Å². The molecule has 7 heteroatoms. The van der Waals surface area contributed by atoms with Crippen molar-refractivity contribution in [2.45, 2.75) is 6.92 Å². The van der Waals surface area contributed by atoms with E-state index >= 15 is 0 Å². The van der Waals surface area contributed by atoms with Crippen LogP contribution < -0.4 is 15.5 Å². The van der Waals surface area contributed by atoms with Crippen LogP contribution in [0.2, 0.25) is 5.02 Å². The fourth-order valence-corrected chi connectivity index (χ4v) is 1.87. The summed E-state index contributed by atoms with van der Waals surface area (Å²) in [6.45, 7) is 1.26. The standard InChI is InChI=1S/C17H16ClN3O3/c1-12(22)20-15-6-8-16(9-7-15)24-11-17(23)21-19-10-13-2-4-14(18)5-3-13/h2-10H,11H2,1H3,(H,20,22)(H,21,23)/b19-10-. The fraction of sp³-hybridized carbons (Fsp3) is 0.118. The van der Waals surface area contributed by atoms with E-state index in [9.17, 15) is 9.59 Å². The van der Waals surface area contributed by atoms with Crippen LogP contribution in [0.25, 0.3) is 0 Å². The maximum Gasteiger partial charge on any atom is 0.277 e. The molecule has 0 fully saturated rings. The van der Waals surface area contributed by atoms with Crippen LogP contribution >= 0.6 is 11.6 Å². The van der Waals surface area contributed by atoms with Crippen molar-refractivity contribution in [1.29, 1.82) is 0 Å². The Balaban J connectivity index is 1.76. The minimum atomic E-state index is -0.383. The molecule has 0 aliphatic heterocycles. The van der Waals surface area contributed by atoms with E-state index in [1.165, 1.54) is 13.1 Å². The second-order valence-electron chi connectivity index (χ2n) is 4.84. The van der Waals surface area contributed by atoms with Gasteiger partial charge in [0.25, 0.3) is 5.91 Å². The summed E-state index contributed by atoms with van der Waals surface area (Å²) in [4.78, 5) is 22.6. The third-order valence-corrected chi connectivity index (χ3v) is 3.07. The van der Waals surface area contributed by atoms with Gasteiger partial charge < -0.3 is 10.1 Å². The molecule has 2 amide bonds. The van der Waals surface area contributed by atoms with E-state index in [4.69, 9.17) is 16.3 Å². The Bertz CT molecular complexity index is 728. The smallest absolute Gasteiger partial charge is 0.277 e. The van der Waals surface area contributed by atoms with Gasteiger partial charge in [-0.05, 0) is 42.0 Å². The Morgan fingerprint density at radius 2 is 1.79 bits per heavy atom. The summed E-state index contributed by atoms with van der Waals surface area (Å²) in [6.07, 6.45) is 1.51. The SMILES string of the molecule is CC(=O)Nc1ccc(OCC(=O)N/N=C\c2ccc(Cl)cc2)cc1. The van der Waals surface area contributed by atoms with Gasteiger partial charge >= 0.3 is 0 Å². The Hall–Kier alpha value is -2.86. The van der Waals surface area contributed by atoms with Crippen LogP contribution in [0.4, 0.5) is 5.69 Å². The lowest BCUT2D eigenvalue weighted by Gasteiger charge is -2.06. The number of hydrazone groups is 1. The maximum absolute atomic E-state index is 11.6. The van der Waals surface area contributed by atoms with Gasteiger partial charge in [-0.25, -0.2) is 5.43 Å². The molecule has 24 heavy (non-hydrogen) atoms. The molecule has 2 aromatic carbocycles. The lowest BCUT2D eigenvalue weighted by Crippen LogP contribution is -2.24. The van der Waals surface area contributed by atoms with Gasteiger partial charge in [-0.2, -0.15) is 5.10 Å². The molecule has 0 atom stereocenters. The van der Waals surface area contributed by atoms with E-state index in [1.807, 2.05) is 0 Å². The molecule has 6 nitrogen and oxygen atoms in total. The van der Waals surface area contributed by atoms with Crippen LogP contribution in [-0.4, -0.2) is 24.6 Å². The summed E-state index contributed by atoms with van der Waals surface area (Å²) in [6, 6.07) is 13.7. The lowest BCUT2D eigenvalue weighted by molar-refractivity contribution is -0.123. The number of carbonyl (C=O) groups excluding carboxylic acids is 2. The first-order chi connectivity index (χ1) is 11.5. The minimum Gasteiger partial charge on any atom is -0.484 e. The number of ether oxygens (including phenoxy) is 1. The summed E-state index contributed by atoms with van der Waals surface area (Å²) in [5, 5.41) is 7.11.